The fourth-order valence-electron chi connectivity index (χ4n) is 5.28. The maximum atomic E-state index is 13.2. The highest BCUT2D eigenvalue weighted by Crippen LogP contribution is 2.35. The molecule has 0 aliphatic carbocycles. The van der Waals surface area contributed by atoms with E-state index in [1.165, 1.54) is 4.90 Å². The molecule has 38 heavy (non-hydrogen) atoms. The topological polar surface area (TPSA) is 50.1 Å². The van der Waals surface area contributed by atoms with E-state index < -0.39 is 12.7 Å². The molecule has 3 aromatic rings. The number of nitrogens with zero attached hydrogens (tertiary/aromatic N) is 4. The number of hydrogen-bond donors (Lipinski definition) is 0. The molecule has 1 atom stereocenters. The summed E-state index contributed by atoms with van der Waals surface area (Å²) < 4.78 is 46.4. The van der Waals surface area contributed by atoms with Gasteiger partial charge in [-0.15, -0.1) is 0 Å². The number of carbonyl (C=O) groups is 1. The van der Waals surface area contributed by atoms with Crippen molar-refractivity contribution in [3.8, 4) is 11.1 Å². The van der Waals surface area contributed by atoms with Crippen LogP contribution in [0.1, 0.15) is 73.9 Å². The molecule has 1 unspecified atom stereocenters. The Morgan fingerprint density at radius 2 is 1.74 bits per heavy atom. The molecule has 1 fully saturated rings. The number of carbonyl (C=O) groups excluding carboxylic acids is 1. The molecule has 9 heteroatoms. The Balaban J connectivity index is 1.77. The smallest absolute Gasteiger partial charge is 0.401 e. The Kier molecular flexibility index (Phi) is 8.18. The number of aromatic nitrogens is 2. The van der Waals surface area contributed by atoms with Gasteiger partial charge in [0.25, 0.3) is 0 Å². The minimum atomic E-state index is -4.20. The first-order valence-corrected chi connectivity index (χ1v) is 13.2. The lowest BCUT2D eigenvalue weighted by atomic mass is 9.98. The zero-order valence-electron chi connectivity index (χ0n) is 23.0. The van der Waals surface area contributed by atoms with E-state index in [4.69, 9.17) is 4.74 Å². The summed E-state index contributed by atoms with van der Waals surface area (Å²) >= 11 is 0. The largest absolute Gasteiger partial charge is 0.459 e. The molecule has 0 radical (unpaired) electrons. The Morgan fingerprint density at radius 1 is 1.05 bits per heavy atom. The third-order valence-electron chi connectivity index (χ3n) is 7.25. The third-order valence-corrected chi connectivity index (χ3v) is 7.25. The van der Waals surface area contributed by atoms with E-state index in [1.807, 2.05) is 45.2 Å². The molecule has 4 rings (SSSR count). The van der Waals surface area contributed by atoms with Crippen molar-refractivity contribution in [2.45, 2.75) is 65.8 Å². The summed E-state index contributed by atoms with van der Waals surface area (Å²) in [5, 5.41) is 0. The van der Waals surface area contributed by atoms with Crippen LogP contribution in [0.5, 0.6) is 0 Å². The van der Waals surface area contributed by atoms with Gasteiger partial charge in [0.1, 0.15) is 0 Å². The van der Waals surface area contributed by atoms with Crippen LogP contribution >= 0.6 is 0 Å². The minimum absolute atomic E-state index is 0.124. The normalized spacial score (nSPS) is 16.5. The maximum Gasteiger partial charge on any atom is 0.401 e. The van der Waals surface area contributed by atoms with E-state index in [1.54, 1.807) is 6.20 Å². The number of ether oxygens (including phenoxy) is 1. The number of rotatable bonds is 7. The Hall–Kier alpha value is -2.91. The molecular weight excluding hydrogens is 493 g/mol. The zero-order chi connectivity index (χ0) is 27.8. The van der Waals surface area contributed by atoms with Crippen molar-refractivity contribution in [2.75, 3.05) is 32.7 Å². The second kappa shape index (κ2) is 11.1. The number of esters is 1. The van der Waals surface area contributed by atoms with Crippen LogP contribution in [0.15, 0.2) is 36.7 Å². The molecule has 0 amide bonds. The van der Waals surface area contributed by atoms with Crippen molar-refractivity contribution >= 4 is 11.5 Å². The van der Waals surface area contributed by atoms with Crippen LogP contribution in [0.25, 0.3) is 16.6 Å². The first-order valence-electron chi connectivity index (χ1n) is 13.2. The molecule has 0 spiro atoms. The van der Waals surface area contributed by atoms with E-state index in [-0.39, 0.29) is 24.0 Å². The standard InChI is InChI=1S/C29H37F3N4O2/c1-18(2)25-15-22(7-9-33-25)23-8-10-36-26(23)16-24(28(37)38-19(3)4)20(5)27(36)21(6)35-13-11-34(12-14-35)17-29(30,31)32/h7-10,15-16,18-19,21H,11-14,17H2,1-6H3. The first kappa shape index (κ1) is 28.1. The molecule has 4 heterocycles. The fourth-order valence-corrected chi connectivity index (χ4v) is 5.28. The molecule has 206 valence electrons. The lowest BCUT2D eigenvalue weighted by molar-refractivity contribution is -0.149. The van der Waals surface area contributed by atoms with Crippen LogP contribution in [0.2, 0.25) is 0 Å². The monoisotopic (exact) mass is 530 g/mol. The van der Waals surface area contributed by atoms with Gasteiger partial charge < -0.3 is 9.14 Å². The van der Waals surface area contributed by atoms with E-state index in [0.29, 0.717) is 31.7 Å². The third kappa shape index (κ3) is 6.04. The quantitative estimate of drug-likeness (QED) is 0.339. The van der Waals surface area contributed by atoms with E-state index >= 15 is 0 Å². The Labute approximate surface area is 222 Å². The van der Waals surface area contributed by atoms with Crippen LogP contribution in [-0.2, 0) is 4.74 Å². The van der Waals surface area contributed by atoms with Crippen LogP contribution in [-0.4, -0.2) is 70.2 Å². The maximum absolute atomic E-state index is 13.2. The zero-order valence-corrected chi connectivity index (χ0v) is 23.0. The summed E-state index contributed by atoms with van der Waals surface area (Å²) in [7, 11) is 0. The molecule has 1 saturated heterocycles. The van der Waals surface area contributed by atoms with Gasteiger partial charge >= 0.3 is 12.1 Å². The fraction of sp³-hybridized carbons (Fsp3) is 0.517. The molecular formula is C29H37F3N4O2. The molecule has 1 aliphatic heterocycles. The minimum Gasteiger partial charge on any atom is -0.459 e. The number of alkyl halides is 3. The highest BCUT2D eigenvalue weighted by atomic mass is 19.4. The van der Waals surface area contributed by atoms with E-state index in [0.717, 1.165) is 33.6 Å². The number of halogens is 3. The van der Waals surface area contributed by atoms with Gasteiger partial charge in [-0.1, -0.05) is 13.8 Å². The lowest BCUT2D eigenvalue weighted by Gasteiger charge is -2.39. The van der Waals surface area contributed by atoms with Gasteiger partial charge in [-0.25, -0.2) is 4.79 Å². The van der Waals surface area contributed by atoms with Crippen molar-refractivity contribution < 1.29 is 22.7 Å². The molecule has 0 saturated carbocycles. The van der Waals surface area contributed by atoms with Gasteiger partial charge in [-0.3, -0.25) is 14.8 Å². The highest BCUT2D eigenvalue weighted by Gasteiger charge is 2.34. The first-order chi connectivity index (χ1) is 17.9. The van der Waals surface area contributed by atoms with E-state index in [9.17, 15) is 18.0 Å². The average molecular weight is 531 g/mol. The van der Waals surface area contributed by atoms with E-state index in [2.05, 4.69) is 41.1 Å². The van der Waals surface area contributed by atoms with Gasteiger partial charge in [0.15, 0.2) is 0 Å². The van der Waals surface area contributed by atoms with Crippen LogP contribution < -0.4 is 0 Å². The average Bonchev–Trinajstić information content (AvgIpc) is 3.26. The summed E-state index contributed by atoms with van der Waals surface area (Å²) in [6.45, 7) is 12.6. The van der Waals surface area contributed by atoms with Crippen LogP contribution in [0.3, 0.4) is 0 Å². The second-order valence-electron chi connectivity index (χ2n) is 10.7. The summed E-state index contributed by atoms with van der Waals surface area (Å²) in [5.74, 6) is -0.109. The van der Waals surface area contributed by atoms with Crippen molar-refractivity contribution in [1.82, 2.24) is 19.2 Å². The van der Waals surface area contributed by atoms with Crippen LogP contribution in [0.4, 0.5) is 13.2 Å². The number of fused-ring (bicyclic) bond motifs is 1. The number of piperazine rings is 1. The van der Waals surface area contributed by atoms with Gasteiger partial charge in [-0.2, -0.15) is 13.2 Å². The summed E-state index contributed by atoms with van der Waals surface area (Å²) in [6.07, 6.45) is -0.650. The SMILES string of the molecule is Cc1c(C(=O)OC(C)C)cc2c(-c3ccnc(C(C)C)c3)ccn2c1C(C)N1CCN(CC(F)(F)F)CC1. The van der Waals surface area contributed by atoms with Crippen molar-refractivity contribution in [3.63, 3.8) is 0 Å². The molecule has 1 aliphatic rings. The van der Waals surface area contributed by atoms with Gasteiger partial charge in [0, 0.05) is 61.6 Å². The Morgan fingerprint density at radius 3 is 2.34 bits per heavy atom. The van der Waals surface area contributed by atoms with Crippen molar-refractivity contribution in [3.05, 3.63) is 59.2 Å². The van der Waals surface area contributed by atoms with Gasteiger partial charge in [0.05, 0.1) is 23.7 Å². The lowest BCUT2D eigenvalue weighted by Crippen LogP contribution is -2.49. The molecule has 0 aromatic carbocycles. The summed E-state index contributed by atoms with van der Waals surface area (Å²) in [4.78, 5) is 21.3. The number of hydrogen-bond acceptors (Lipinski definition) is 5. The predicted octanol–water partition coefficient (Wildman–Crippen LogP) is 6.24. The Bertz CT molecular complexity index is 1290. The summed E-state index contributed by atoms with van der Waals surface area (Å²) in [5.41, 5.74) is 6.11. The highest BCUT2D eigenvalue weighted by molar-refractivity contribution is 5.95. The van der Waals surface area contributed by atoms with Gasteiger partial charge in [0.2, 0.25) is 0 Å². The van der Waals surface area contributed by atoms with Crippen LogP contribution in [0, 0.1) is 6.92 Å². The molecule has 3 aromatic heterocycles. The second-order valence-corrected chi connectivity index (χ2v) is 10.7. The predicted molar refractivity (Wildman–Crippen MR) is 142 cm³/mol. The molecule has 0 N–H and O–H groups in total. The van der Waals surface area contributed by atoms with Crippen molar-refractivity contribution in [2.24, 2.45) is 0 Å². The van der Waals surface area contributed by atoms with Crippen molar-refractivity contribution in [1.29, 1.82) is 0 Å². The molecule has 6 nitrogen and oxygen atoms in total. The summed E-state index contributed by atoms with van der Waals surface area (Å²) in [6, 6.07) is 7.86. The van der Waals surface area contributed by atoms with Gasteiger partial charge in [-0.05, 0) is 69.0 Å². The number of pyridine rings is 2. The molecule has 0 bridgehead atoms.